The van der Waals surface area contributed by atoms with Gasteiger partial charge in [0.2, 0.25) is 10.0 Å². The van der Waals surface area contributed by atoms with Crippen molar-refractivity contribution in [3.05, 3.63) is 18.0 Å². The molecule has 2 saturated heterocycles. The fraction of sp³-hybridized carbons (Fsp3) is 0.800. The Bertz CT molecular complexity index is 670. The van der Waals surface area contributed by atoms with Crippen LogP contribution in [0.2, 0.25) is 0 Å². The number of sulfonamides is 1. The van der Waals surface area contributed by atoms with Crippen LogP contribution in [0.15, 0.2) is 12.4 Å². The van der Waals surface area contributed by atoms with E-state index in [0.29, 0.717) is 19.1 Å². The summed E-state index contributed by atoms with van der Waals surface area (Å²) < 4.78 is 34.5. The van der Waals surface area contributed by atoms with Crippen molar-refractivity contribution >= 4 is 10.0 Å². The van der Waals surface area contributed by atoms with E-state index in [9.17, 15) is 8.42 Å². The van der Waals surface area contributed by atoms with Crippen LogP contribution >= 0.6 is 0 Å². The van der Waals surface area contributed by atoms with Gasteiger partial charge in [-0.1, -0.05) is 0 Å². The molecule has 8 heteroatoms. The number of hydrogen-bond donors (Lipinski definition) is 1. The molecule has 0 unspecified atom stereocenters. The van der Waals surface area contributed by atoms with Crippen LogP contribution in [-0.4, -0.2) is 60.7 Å². The molecule has 3 atom stereocenters. The summed E-state index contributed by atoms with van der Waals surface area (Å²) in [6.45, 7) is 3.95. The summed E-state index contributed by atoms with van der Waals surface area (Å²) in [5, 5.41) is 4.06. The van der Waals surface area contributed by atoms with Gasteiger partial charge in [-0.2, -0.15) is 5.10 Å². The monoisotopic (exact) mass is 340 g/mol. The maximum absolute atomic E-state index is 12.0. The molecule has 7 nitrogen and oxygen atoms in total. The SMILES string of the molecule is Cn1cc(CN2C[C@@H]3[C@@H](CNS(=O)(=O)C4CC4)CO[C@@H]3C2)cn1. The average molecular weight is 340 g/mol. The number of rotatable bonds is 6. The number of hydrogen-bond acceptors (Lipinski definition) is 5. The minimum Gasteiger partial charge on any atom is -0.376 e. The Balaban J connectivity index is 1.32. The highest BCUT2D eigenvalue weighted by atomic mass is 32.2. The fourth-order valence-electron chi connectivity index (χ4n) is 3.75. The topological polar surface area (TPSA) is 76.5 Å². The Morgan fingerprint density at radius 3 is 2.91 bits per heavy atom. The van der Waals surface area contributed by atoms with Gasteiger partial charge < -0.3 is 4.74 Å². The first-order chi connectivity index (χ1) is 11.0. The van der Waals surface area contributed by atoms with Crippen molar-refractivity contribution in [3.63, 3.8) is 0 Å². The zero-order valence-electron chi connectivity index (χ0n) is 13.4. The van der Waals surface area contributed by atoms with Gasteiger partial charge in [-0.05, 0) is 12.8 Å². The third-order valence-electron chi connectivity index (χ3n) is 5.19. The Kier molecular flexibility index (Phi) is 3.95. The van der Waals surface area contributed by atoms with E-state index in [-0.39, 0.29) is 17.3 Å². The van der Waals surface area contributed by atoms with Crippen LogP contribution in [-0.2, 0) is 28.4 Å². The standard InChI is InChI=1S/C15H24N4O3S/c1-18-6-11(4-16-18)7-19-8-14-12(10-22-15(14)9-19)5-17-23(20,21)13-2-3-13/h4,6,12-15,17H,2-3,5,7-10H2,1H3/t12-,14+,15+/m0/s1. The molecule has 1 aromatic rings. The van der Waals surface area contributed by atoms with E-state index < -0.39 is 10.0 Å². The van der Waals surface area contributed by atoms with E-state index in [0.717, 1.165) is 32.5 Å². The zero-order chi connectivity index (χ0) is 16.0. The van der Waals surface area contributed by atoms with Crippen LogP contribution in [0.1, 0.15) is 18.4 Å². The first-order valence-corrected chi connectivity index (χ1v) is 9.86. The van der Waals surface area contributed by atoms with Gasteiger partial charge in [0.1, 0.15) is 0 Å². The largest absolute Gasteiger partial charge is 0.376 e. The van der Waals surface area contributed by atoms with E-state index in [1.165, 1.54) is 5.56 Å². The highest BCUT2D eigenvalue weighted by Gasteiger charge is 2.44. The molecule has 23 heavy (non-hydrogen) atoms. The van der Waals surface area contributed by atoms with E-state index in [2.05, 4.69) is 14.7 Å². The lowest BCUT2D eigenvalue weighted by Gasteiger charge is -2.19. The van der Waals surface area contributed by atoms with Crippen molar-refractivity contribution in [2.24, 2.45) is 18.9 Å². The summed E-state index contributed by atoms with van der Waals surface area (Å²) in [5.41, 5.74) is 1.21. The minimum atomic E-state index is -3.09. The summed E-state index contributed by atoms with van der Waals surface area (Å²) in [7, 11) is -1.17. The van der Waals surface area contributed by atoms with E-state index >= 15 is 0 Å². The molecule has 128 valence electrons. The lowest BCUT2D eigenvalue weighted by molar-refractivity contribution is 0.0942. The van der Waals surface area contributed by atoms with Crippen molar-refractivity contribution in [3.8, 4) is 0 Å². The minimum absolute atomic E-state index is 0.147. The van der Waals surface area contributed by atoms with Crippen LogP contribution in [0.4, 0.5) is 0 Å². The Hall–Kier alpha value is -0.960. The number of nitrogens with zero attached hydrogens (tertiary/aromatic N) is 3. The van der Waals surface area contributed by atoms with Crippen molar-refractivity contribution in [2.75, 3.05) is 26.2 Å². The third kappa shape index (κ3) is 3.31. The van der Waals surface area contributed by atoms with Crippen molar-refractivity contribution in [2.45, 2.75) is 30.7 Å². The number of ether oxygens (including phenoxy) is 1. The number of nitrogens with one attached hydrogen (secondary N) is 1. The number of fused-ring (bicyclic) bond motifs is 1. The van der Waals surface area contributed by atoms with Gasteiger partial charge in [-0.3, -0.25) is 9.58 Å². The van der Waals surface area contributed by atoms with Crippen LogP contribution in [0.5, 0.6) is 0 Å². The van der Waals surface area contributed by atoms with Gasteiger partial charge in [-0.25, -0.2) is 13.1 Å². The molecular weight excluding hydrogens is 316 g/mol. The molecule has 1 N–H and O–H groups in total. The molecule has 4 rings (SSSR count). The number of likely N-dealkylation sites (tertiary alicyclic amines) is 1. The van der Waals surface area contributed by atoms with E-state index in [1.54, 1.807) is 0 Å². The molecule has 2 aliphatic heterocycles. The first-order valence-electron chi connectivity index (χ1n) is 8.31. The molecule has 0 radical (unpaired) electrons. The normalized spacial score (nSPS) is 31.6. The maximum Gasteiger partial charge on any atom is 0.214 e. The Morgan fingerprint density at radius 1 is 1.39 bits per heavy atom. The van der Waals surface area contributed by atoms with Gasteiger partial charge in [0, 0.05) is 56.8 Å². The molecule has 3 aliphatic rings. The molecule has 1 saturated carbocycles. The summed E-state index contributed by atoms with van der Waals surface area (Å²) in [5.74, 6) is 0.709. The highest BCUT2D eigenvalue weighted by Crippen LogP contribution is 2.34. The third-order valence-corrected chi connectivity index (χ3v) is 7.11. The summed E-state index contributed by atoms with van der Waals surface area (Å²) in [4.78, 5) is 2.38. The lowest BCUT2D eigenvalue weighted by Crippen LogP contribution is -2.35. The summed E-state index contributed by atoms with van der Waals surface area (Å²) >= 11 is 0. The van der Waals surface area contributed by atoms with E-state index in [4.69, 9.17) is 4.74 Å². The molecule has 3 heterocycles. The molecule has 0 spiro atoms. The van der Waals surface area contributed by atoms with E-state index in [1.807, 2.05) is 24.1 Å². The predicted molar refractivity (Wildman–Crippen MR) is 85.1 cm³/mol. The van der Waals surface area contributed by atoms with Crippen LogP contribution in [0, 0.1) is 11.8 Å². The molecule has 1 aliphatic carbocycles. The summed E-state index contributed by atoms with van der Waals surface area (Å²) in [6, 6.07) is 0. The molecule has 3 fully saturated rings. The first kappa shape index (κ1) is 15.6. The molecule has 0 bridgehead atoms. The average Bonchev–Trinajstić information content (AvgIpc) is 3.05. The zero-order valence-corrected chi connectivity index (χ0v) is 14.2. The van der Waals surface area contributed by atoms with Gasteiger partial charge in [0.05, 0.1) is 24.2 Å². The predicted octanol–water partition coefficient (Wildman–Crippen LogP) is -0.0513. The van der Waals surface area contributed by atoms with Crippen molar-refractivity contribution in [1.82, 2.24) is 19.4 Å². The fourth-order valence-corrected chi connectivity index (χ4v) is 5.19. The molecule has 0 amide bonds. The van der Waals surface area contributed by atoms with Crippen LogP contribution in [0.3, 0.4) is 0 Å². The number of aryl methyl sites for hydroxylation is 1. The van der Waals surface area contributed by atoms with Crippen molar-refractivity contribution < 1.29 is 13.2 Å². The lowest BCUT2D eigenvalue weighted by atomic mass is 9.93. The van der Waals surface area contributed by atoms with Gasteiger partial charge in [0.25, 0.3) is 0 Å². The highest BCUT2D eigenvalue weighted by molar-refractivity contribution is 7.90. The van der Waals surface area contributed by atoms with Crippen LogP contribution < -0.4 is 4.72 Å². The summed E-state index contributed by atoms with van der Waals surface area (Å²) in [6.07, 6.45) is 5.79. The second-order valence-electron chi connectivity index (χ2n) is 7.10. The van der Waals surface area contributed by atoms with Crippen molar-refractivity contribution in [1.29, 1.82) is 0 Å². The smallest absolute Gasteiger partial charge is 0.214 e. The van der Waals surface area contributed by atoms with Crippen LogP contribution in [0.25, 0.3) is 0 Å². The molecular formula is C15H24N4O3S. The van der Waals surface area contributed by atoms with Gasteiger partial charge in [0.15, 0.2) is 0 Å². The molecule has 0 aromatic carbocycles. The quantitative estimate of drug-likeness (QED) is 0.786. The Labute approximate surface area is 137 Å². The maximum atomic E-state index is 12.0. The number of aromatic nitrogens is 2. The van der Waals surface area contributed by atoms with Gasteiger partial charge in [-0.15, -0.1) is 0 Å². The second kappa shape index (κ2) is 5.84. The Morgan fingerprint density at radius 2 is 2.22 bits per heavy atom. The second-order valence-corrected chi connectivity index (χ2v) is 9.15. The molecule has 1 aromatic heterocycles. The van der Waals surface area contributed by atoms with Gasteiger partial charge >= 0.3 is 0 Å².